The minimum absolute atomic E-state index is 0.0524. The molecule has 0 aromatic rings. The molecule has 3 nitrogen and oxygen atoms in total. The van der Waals surface area contributed by atoms with Gasteiger partial charge in [-0.1, -0.05) is 39.3 Å². The Morgan fingerprint density at radius 3 is 2.45 bits per heavy atom. The fourth-order valence-corrected chi connectivity index (χ4v) is 3.18. The predicted molar refractivity (Wildman–Crippen MR) is 86.6 cm³/mol. The van der Waals surface area contributed by atoms with E-state index in [-0.39, 0.29) is 18.1 Å². The Morgan fingerprint density at radius 1 is 1.40 bits per heavy atom. The van der Waals surface area contributed by atoms with Crippen molar-refractivity contribution in [1.29, 1.82) is 0 Å². The Kier molecular flexibility index (Phi) is 9.23. The predicted octanol–water partition coefficient (Wildman–Crippen LogP) is 4.14. The van der Waals surface area contributed by atoms with Gasteiger partial charge >= 0.3 is 0 Å². The summed E-state index contributed by atoms with van der Waals surface area (Å²) in [7, 11) is 0. The lowest BCUT2D eigenvalue weighted by Gasteiger charge is -2.20. The molecule has 5 heteroatoms. The average molecular weight is 321 g/mol. The van der Waals surface area contributed by atoms with Crippen molar-refractivity contribution in [2.45, 2.75) is 57.1 Å². The van der Waals surface area contributed by atoms with Crippen LogP contribution >= 0.6 is 23.4 Å². The van der Waals surface area contributed by atoms with Crippen molar-refractivity contribution in [3.05, 3.63) is 11.8 Å². The molecule has 3 atom stereocenters. The van der Waals surface area contributed by atoms with Crippen LogP contribution in [0.15, 0.2) is 11.8 Å². The number of allylic oxidation sites excluding steroid dienone is 2. The van der Waals surface area contributed by atoms with Crippen molar-refractivity contribution in [1.82, 2.24) is 0 Å². The monoisotopic (exact) mass is 320 g/mol. The zero-order chi connectivity index (χ0) is 15.8. The van der Waals surface area contributed by atoms with Gasteiger partial charge in [0.15, 0.2) is 12.1 Å². The summed E-state index contributed by atoms with van der Waals surface area (Å²) in [4.78, 5) is 21.1. The normalized spacial score (nSPS) is 18.1. The maximum absolute atomic E-state index is 11.9. The zero-order valence-electron chi connectivity index (χ0n) is 12.7. The molecule has 0 saturated heterocycles. The van der Waals surface area contributed by atoms with Crippen LogP contribution in [0.1, 0.15) is 47.0 Å². The molecule has 0 radical (unpaired) electrons. The number of aldehydes is 1. The number of aliphatic hydroxyl groups is 1. The SMILES string of the molecule is CCCC(=O)C(Cl)(C=O)C(O)=CC(C)CC(C)SCC. The number of rotatable bonds is 10. The minimum atomic E-state index is -1.91. The highest BCUT2D eigenvalue weighted by Gasteiger charge is 2.39. The van der Waals surface area contributed by atoms with E-state index in [1.807, 2.05) is 25.6 Å². The maximum Gasteiger partial charge on any atom is 0.213 e. The second-order valence-corrected chi connectivity index (χ2v) is 7.35. The summed E-state index contributed by atoms with van der Waals surface area (Å²) >= 11 is 7.84. The Hall–Kier alpha value is -0.480. The molecule has 0 aliphatic carbocycles. The van der Waals surface area contributed by atoms with Crippen LogP contribution in [-0.4, -0.2) is 33.1 Å². The summed E-state index contributed by atoms with van der Waals surface area (Å²) in [6, 6.07) is 0. The van der Waals surface area contributed by atoms with Gasteiger partial charge in [0.25, 0.3) is 0 Å². The second kappa shape index (κ2) is 9.46. The first-order valence-electron chi connectivity index (χ1n) is 7.03. The van der Waals surface area contributed by atoms with Gasteiger partial charge in [-0.05, 0) is 30.6 Å². The Morgan fingerprint density at radius 2 is 2.00 bits per heavy atom. The molecule has 0 fully saturated rings. The molecule has 0 aromatic carbocycles. The van der Waals surface area contributed by atoms with Gasteiger partial charge in [0.2, 0.25) is 4.87 Å². The van der Waals surface area contributed by atoms with Crippen LogP contribution in [0.3, 0.4) is 0 Å². The number of hydrogen-bond acceptors (Lipinski definition) is 4. The summed E-state index contributed by atoms with van der Waals surface area (Å²) < 4.78 is 0. The molecule has 0 rings (SSSR count). The van der Waals surface area contributed by atoms with Gasteiger partial charge in [-0.2, -0.15) is 11.8 Å². The third-order valence-electron chi connectivity index (χ3n) is 3.02. The molecule has 1 N–H and O–H groups in total. The fraction of sp³-hybridized carbons (Fsp3) is 0.733. The van der Waals surface area contributed by atoms with Gasteiger partial charge in [-0.25, -0.2) is 0 Å². The van der Waals surface area contributed by atoms with Crippen LogP contribution in [0, 0.1) is 5.92 Å². The molecule has 0 heterocycles. The van der Waals surface area contributed by atoms with Crippen molar-refractivity contribution in [2.24, 2.45) is 5.92 Å². The molecule has 0 spiro atoms. The van der Waals surface area contributed by atoms with E-state index in [0.717, 1.165) is 12.2 Å². The first-order chi connectivity index (χ1) is 9.31. The Labute approximate surface area is 131 Å². The number of hydrogen-bond donors (Lipinski definition) is 1. The first-order valence-corrected chi connectivity index (χ1v) is 8.45. The van der Waals surface area contributed by atoms with E-state index >= 15 is 0 Å². The summed E-state index contributed by atoms with van der Waals surface area (Å²) in [6.45, 7) is 7.98. The second-order valence-electron chi connectivity index (χ2n) is 5.03. The van der Waals surface area contributed by atoms with Gasteiger partial charge in [0.05, 0.1) is 0 Å². The number of alkyl halides is 1. The highest BCUT2D eigenvalue weighted by atomic mass is 35.5. The third kappa shape index (κ3) is 5.88. The zero-order valence-corrected chi connectivity index (χ0v) is 14.3. The largest absolute Gasteiger partial charge is 0.510 e. The lowest BCUT2D eigenvalue weighted by atomic mass is 9.95. The molecule has 3 unspecified atom stereocenters. The highest BCUT2D eigenvalue weighted by Crippen LogP contribution is 2.27. The standard InChI is InChI=1S/C15H25ClO3S/c1-5-7-13(18)15(16,10-17)14(19)9-11(3)8-12(4)20-6-2/h9-12,19H,5-8H2,1-4H3. The van der Waals surface area contributed by atoms with Crippen molar-refractivity contribution in [3.63, 3.8) is 0 Å². The van der Waals surface area contributed by atoms with Crippen molar-refractivity contribution < 1.29 is 14.7 Å². The Balaban J connectivity index is 4.89. The smallest absolute Gasteiger partial charge is 0.213 e. The van der Waals surface area contributed by atoms with E-state index < -0.39 is 10.7 Å². The number of thioether (sulfide) groups is 1. The molecule has 0 aliphatic heterocycles. The van der Waals surface area contributed by atoms with Crippen LogP contribution in [0.2, 0.25) is 0 Å². The quantitative estimate of drug-likeness (QED) is 0.284. The van der Waals surface area contributed by atoms with Crippen LogP contribution < -0.4 is 0 Å². The number of carbonyl (C=O) groups is 2. The molecule has 0 saturated carbocycles. The van der Waals surface area contributed by atoms with Crippen LogP contribution in [-0.2, 0) is 9.59 Å². The van der Waals surface area contributed by atoms with Gasteiger partial charge < -0.3 is 9.90 Å². The van der Waals surface area contributed by atoms with E-state index in [2.05, 4.69) is 13.8 Å². The lowest BCUT2D eigenvalue weighted by Crippen LogP contribution is -2.36. The maximum atomic E-state index is 11.9. The van der Waals surface area contributed by atoms with Crippen LogP contribution in [0.5, 0.6) is 0 Å². The molecule has 20 heavy (non-hydrogen) atoms. The van der Waals surface area contributed by atoms with Crippen molar-refractivity contribution in [3.8, 4) is 0 Å². The molecule has 0 bridgehead atoms. The fourth-order valence-electron chi connectivity index (χ4n) is 2.01. The van der Waals surface area contributed by atoms with Gasteiger partial charge in [0.1, 0.15) is 5.76 Å². The van der Waals surface area contributed by atoms with E-state index in [9.17, 15) is 14.7 Å². The molecule has 0 aliphatic rings. The van der Waals surface area contributed by atoms with Crippen LogP contribution in [0.25, 0.3) is 0 Å². The topological polar surface area (TPSA) is 54.4 Å². The molecular weight excluding hydrogens is 296 g/mol. The molecule has 0 amide bonds. The molecular formula is C15H25ClO3S. The number of ketones is 1. The Bertz CT molecular complexity index is 357. The van der Waals surface area contributed by atoms with Crippen LogP contribution in [0.4, 0.5) is 0 Å². The average Bonchev–Trinajstić information content (AvgIpc) is 2.37. The summed E-state index contributed by atoms with van der Waals surface area (Å²) in [5.41, 5.74) is 0. The first kappa shape index (κ1) is 19.5. The van der Waals surface area contributed by atoms with E-state index in [0.29, 0.717) is 18.0 Å². The number of Topliss-reactive ketones (excluding diaryl/α,β-unsaturated/α-hetero) is 1. The summed E-state index contributed by atoms with van der Waals surface area (Å²) in [5.74, 6) is 0.297. The number of halogens is 1. The van der Waals surface area contributed by atoms with Gasteiger partial charge in [-0.15, -0.1) is 0 Å². The van der Waals surface area contributed by atoms with E-state index in [4.69, 9.17) is 11.6 Å². The summed E-state index contributed by atoms with van der Waals surface area (Å²) in [6.07, 6.45) is 3.48. The van der Waals surface area contributed by atoms with E-state index in [1.54, 1.807) is 0 Å². The summed E-state index contributed by atoms with van der Waals surface area (Å²) in [5, 5.41) is 10.5. The minimum Gasteiger partial charge on any atom is -0.510 e. The van der Waals surface area contributed by atoms with Crippen molar-refractivity contribution in [2.75, 3.05) is 5.75 Å². The lowest BCUT2D eigenvalue weighted by molar-refractivity contribution is -0.125. The van der Waals surface area contributed by atoms with Crippen molar-refractivity contribution >= 4 is 35.4 Å². The van der Waals surface area contributed by atoms with Gasteiger partial charge in [0, 0.05) is 11.7 Å². The van der Waals surface area contributed by atoms with Gasteiger partial charge in [-0.3, -0.25) is 4.79 Å². The number of aliphatic hydroxyl groups excluding tert-OH is 1. The number of carbonyl (C=O) groups excluding carboxylic acids is 2. The molecule has 0 aromatic heterocycles. The highest BCUT2D eigenvalue weighted by molar-refractivity contribution is 7.99. The van der Waals surface area contributed by atoms with E-state index in [1.165, 1.54) is 6.08 Å². The third-order valence-corrected chi connectivity index (χ3v) is 4.60. The molecule has 116 valence electrons.